The Morgan fingerprint density at radius 3 is 2.20 bits per heavy atom. The number of anilines is 1. The second kappa shape index (κ2) is 24.7. The molecule has 1 aromatic rings. The summed E-state index contributed by atoms with van der Waals surface area (Å²) in [6, 6.07) is 9.38. The Morgan fingerprint density at radius 2 is 1.62 bits per heavy atom. The molecule has 2 aliphatic heterocycles. The fourth-order valence-corrected chi connectivity index (χ4v) is 9.39. The van der Waals surface area contributed by atoms with Gasteiger partial charge in [0.1, 0.15) is 40.3 Å². The molecule has 1 unspecified atom stereocenters. The smallest absolute Gasteiger partial charge is 0.744 e. The topological polar surface area (TPSA) is 261 Å². The monoisotopic (exact) mass is 983 g/mol. The number of benzene rings is 2. The molecule has 0 fully saturated rings. The SMILES string of the molecule is CC[N+](CCCS(=O)(=O)O)=c1cc2oc(/C=C/C=C3/N(CCCCCC(=O)O)c4ccc(S(=O)(=O)[O-])cc4C3(C)CCCS(=O)(=O)O)cc(C(C)(C)C)c-2cc1C(=O)NCCOC.[Na+].[Na+]. The van der Waals surface area contributed by atoms with Crippen molar-refractivity contribution in [2.24, 2.45) is 0 Å². The van der Waals surface area contributed by atoms with E-state index in [1.54, 1.807) is 37.3 Å². The first-order valence-corrected chi connectivity index (χ1v) is 25.3. The zero-order valence-electron chi connectivity index (χ0n) is 38.5. The number of methoxy groups -OCH3 is 1. The Hall–Kier alpha value is -2.44. The standard InChI is InChI=1S/C43H59N3O14S3.2Na/c1-7-45(21-13-25-62(53,54)55)37-29-38-32(28-33(37)41(49)44-20-23-59-6)34(42(2,3)4)26-30(60-38)14-11-15-39-43(5,19-12-24-61(50,51)52)35-27-31(63(56,57)58)17-18-36(35)46(39)22-10-8-9-16-40(47)48;;/h11,14-15,17-18,26-29H,7-10,12-13,16,19-25H2,1-6H3,(H4-,44,47,48,49,50,51,52,53,54,55,56,57,58);;/q;2*+1. The molecule has 0 spiro atoms. The van der Waals surface area contributed by atoms with Gasteiger partial charge in [0.15, 0.2) is 0 Å². The van der Waals surface area contributed by atoms with Crippen molar-refractivity contribution in [2.75, 3.05) is 56.3 Å². The summed E-state index contributed by atoms with van der Waals surface area (Å²) < 4.78 is 116. The van der Waals surface area contributed by atoms with Gasteiger partial charge in [0.2, 0.25) is 5.36 Å². The molecule has 1 aliphatic carbocycles. The van der Waals surface area contributed by atoms with Crippen LogP contribution in [-0.4, -0.2) is 107 Å². The van der Waals surface area contributed by atoms with Crippen molar-refractivity contribution in [1.29, 1.82) is 0 Å². The van der Waals surface area contributed by atoms with E-state index in [9.17, 15) is 48.5 Å². The van der Waals surface area contributed by atoms with E-state index in [-0.39, 0.29) is 110 Å². The Balaban J connectivity index is 0.00000726. The molecule has 0 bridgehead atoms. The number of hydrogen-bond acceptors (Lipinski definition) is 12. The van der Waals surface area contributed by atoms with Crippen LogP contribution in [0.3, 0.4) is 0 Å². The maximum atomic E-state index is 13.7. The average molecular weight is 984 g/mol. The van der Waals surface area contributed by atoms with E-state index in [4.69, 9.17) is 14.3 Å². The normalized spacial score (nSPS) is 16.6. The van der Waals surface area contributed by atoms with Crippen LogP contribution in [0, 0.1) is 0 Å². The third kappa shape index (κ3) is 16.6. The van der Waals surface area contributed by atoms with Gasteiger partial charge in [0.25, 0.3) is 26.1 Å². The number of amides is 1. The number of carboxylic acid groups (broad SMARTS) is 1. The molecule has 2 heterocycles. The number of hydrogen-bond donors (Lipinski definition) is 4. The van der Waals surface area contributed by atoms with Crippen molar-refractivity contribution < 1.29 is 122 Å². The van der Waals surface area contributed by atoms with Crippen molar-refractivity contribution in [3.05, 3.63) is 82.1 Å². The molecule has 65 heavy (non-hydrogen) atoms. The first-order valence-electron chi connectivity index (χ1n) is 20.7. The minimum Gasteiger partial charge on any atom is -0.744 e. The van der Waals surface area contributed by atoms with Crippen molar-refractivity contribution in [2.45, 2.75) is 95.3 Å². The first-order chi connectivity index (χ1) is 29.3. The van der Waals surface area contributed by atoms with E-state index in [1.165, 1.54) is 25.3 Å². The molecule has 17 nitrogen and oxygen atoms in total. The average Bonchev–Trinajstić information content (AvgIpc) is 3.39. The minimum atomic E-state index is -4.88. The molecule has 4 N–H and O–H groups in total. The number of aliphatic carboxylic acids is 1. The Bertz CT molecular complexity index is 2610. The summed E-state index contributed by atoms with van der Waals surface area (Å²) in [7, 11) is -11.9. The number of carbonyl (C=O) groups is 2. The molecule has 0 saturated carbocycles. The van der Waals surface area contributed by atoms with Crippen LogP contribution >= 0.6 is 0 Å². The Morgan fingerprint density at radius 1 is 0.954 bits per heavy atom. The number of carboxylic acids is 1. The zero-order valence-corrected chi connectivity index (χ0v) is 45.0. The Kier molecular flexibility index (Phi) is 22.3. The molecule has 22 heteroatoms. The number of unbranched alkanes of at least 4 members (excludes halogenated alkanes) is 2. The molecule has 1 atom stereocenters. The number of carbonyl (C=O) groups excluding carboxylic acids is 1. The van der Waals surface area contributed by atoms with E-state index in [0.29, 0.717) is 77.3 Å². The third-order valence-electron chi connectivity index (χ3n) is 11.0. The number of nitrogens with zero attached hydrogens (tertiary/aromatic N) is 2. The molecule has 0 saturated heterocycles. The molecule has 4 rings (SSSR count). The van der Waals surface area contributed by atoms with E-state index in [2.05, 4.69) is 5.32 Å². The summed E-state index contributed by atoms with van der Waals surface area (Å²) >= 11 is 0. The van der Waals surface area contributed by atoms with Gasteiger partial charge >= 0.3 is 65.1 Å². The van der Waals surface area contributed by atoms with Crippen LogP contribution in [0.4, 0.5) is 5.69 Å². The van der Waals surface area contributed by atoms with Crippen LogP contribution in [0.25, 0.3) is 17.4 Å². The summed E-state index contributed by atoms with van der Waals surface area (Å²) in [5, 5.41) is 12.5. The maximum Gasteiger partial charge on any atom is 1.00 e. The van der Waals surface area contributed by atoms with Gasteiger partial charge in [-0.15, -0.1) is 0 Å². The van der Waals surface area contributed by atoms with Gasteiger partial charge in [-0.1, -0.05) is 33.3 Å². The zero-order chi connectivity index (χ0) is 47.0. The van der Waals surface area contributed by atoms with Gasteiger partial charge in [-0.05, 0) is 98.6 Å². The van der Waals surface area contributed by atoms with Gasteiger partial charge in [-0.25, -0.2) is 13.0 Å². The van der Waals surface area contributed by atoms with E-state index in [1.807, 2.05) is 43.2 Å². The second-order valence-electron chi connectivity index (χ2n) is 16.8. The van der Waals surface area contributed by atoms with Crippen molar-refractivity contribution >= 4 is 54.0 Å². The predicted octanol–water partition coefficient (Wildman–Crippen LogP) is -0.972. The largest absolute Gasteiger partial charge is 1.00 e. The fourth-order valence-electron chi connectivity index (χ4n) is 7.89. The minimum absolute atomic E-state index is 0. The van der Waals surface area contributed by atoms with Gasteiger partial charge < -0.3 is 29.0 Å². The molecular formula is C43H59N3Na2O14S3+2. The number of ether oxygens (including phenoxy) is 1. The van der Waals surface area contributed by atoms with Crippen LogP contribution in [-0.2, 0) is 50.7 Å². The quantitative estimate of drug-likeness (QED) is 0.0409. The van der Waals surface area contributed by atoms with Crippen LogP contribution in [0.5, 0.6) is 0 Å². The van der Waals surface area contributed by atoms with Crippen LogP contribution in [0.2, 0.25) is 0 Å². The number of rotatable bonds is 22. The molecular weight excluding hydrogens is 925 g/mol. The Labute approximate surface area is 427 Å². The summed E-state index contributed by atoms with van der Waals surface area (Å²) in [4.78, 5) is 26.4. The van der Waals surface area contributed by atoms with Crippen LogP contribution in [0.15, 0.2) is 63.6 Å². The molecule has 348 valence electrons. The van der Waals surface area contributed by atoms with E-state index >= 15 is 0 Å². The third-order valence-corrected chi connectivity index (χ3v) is 13.4. The molecule has 1 aromatic carbocycles. The van der Waals surface area contributed by atoms with Crippen molar-refractivity contribution in [1.82, 2.24) is 9.89 Å². The predicted molar refractivity (Wildman–Crippen MR) is 238 cm³/mol. The van der Waals surface area contributed by atoms with Gasteiger partial charge in [-0.3, -0.25) is 18.7 Å². The maximum absolute atomic E-state index is 13.7. The first kappa shape index (κ1) is 58.7. The second-order valence-corrected chi connectivity index (χ2v) is 21.3. The van der Waals surface area contributed by atoms with Crippen LogP contribution < -0.4 is 79.3 Å². The molecule has 1 amide bonds. The van der Waals surface area contributed by atoms with Gasteiger partial charge in [-0.2, -0.15) is 16.8 Å². The molecule has 3 aliphatic rings. The number of allylic oxidation sites excluding steroid dienone is 3. The van der Waals surface area contributed by atoms with Gasteiger partial charge in [0, 0.05) is 55.4 Å². The number of nitrogens with one attached hydrogen (secondary N) is 1. The summed E-state index contributed by atoms with van der Waals surface area (Å²) in [5.74, 6) is -1.50. The van der Waals surface area contributed by atoms with Crippen LogP contribution in [0.1, 0.15) is 107 Å². The summed E-state index contributed by atoms with van der Waals surface area (Å²) in [6.07, 6.45) is 6.97. The van der Waals surface area contributed by atoms with Crippen molar-refractivity contribution in [3.63, 3.8) is 0 Å². The van der Waals surface area contributed by atoms with Gasteiger partial charge in [0.05, 0.1) is 29.1 Å². The fraction of sp³-hybridized carbons (Fsp3) is 0.512. The molecule has 0 radical (unpaired) electrons. The molecule has 0 aromatic heterocycles. The summed E-state index contributed by atoms with van der Waals surface area (Å²) in [6.45, 7) is 11.2. The van der Waals surface area contributed by atoms with E-state index < -0.39 is 63.6 Å². The van der Waals surface area contributed by atoms with E-state index in [0.717, 1.165) is 5.56 Å². The number of fused-ring (bicyclic) bond motifs is 2. The summed E-state index contributed by atoms with van der Waals surface area (Å²) in [5.41, 5.74) is 1.97. The van der Waals surface area contributed by atoms with Crippen molar-refractivity contribution in [3.8, 4) is 11.3 Å².